The van der Waals surface area contributed by atoms with Gasteiger partial charge >= 0.3 is 5.97 Å². The lowest BCUT2D eigenvalue weighted by Gasteiger charge is -2.07. The predicted molar refractivity (Wildman–Crippen MR) is 95.0 cm³/mol. The number of rotatable bonds is 11. The summed E-state index contributed by atoms with van der Waals surface area (Å²) in [6, 6.07) is 5.37. The molecular formula is C18H26N2O5. The van der Waals surface area contributed by atoms with E-state index in [1.807, 2.05) is 6.07 Å². The number of unbranched alkanes of at least 4 members (excludes halogenated alkanes) is 3. The average Bonchev–Trinajstić information content (AvgIpc) is 2.64. The van der Waals surface area contributed by atoms with Crippen LogP contribution >= 0.6 is 0 Å². The Morgan fingerprint density at radius 2 is 1.68 bits per heavy atom. The highest BCUT2D eigenvalue weighted by molar-refractivity contribution is 5.83. The first-order valence-electron chi connectivity index (χ1n) is 8.21. The molecule has 0 radical (unpaired) electrons. The van der Waals surface area contributed by atoms with Gasteiger partial charge < -0.3 is 14.2 Å². The molecule has 1 N–H and O–H groups in total. The second kappa shape index (κ2) is 11.9. The van der Waals surface area contributed by atoms with E-state index in [1.54, 1.807) is 32.6 Å². The van der Waals surface area contributed by atoms with Crippen LogP contribution in [-0.4, -0.2) is 39.4 Å². The van der Waals surface area contributed by atoms with Gasteiger partial charge in [-0.2, -0.15) is 5.10 Å². The summed E-state index contributed by atoms with van der Waals surface area (Å²) in [7, 11) is 4.52. The Labute approximate surface area is 148 Å². The number of nitrogens with one attached hydrogen (secondary N) is 1. The molecule has 0 saturated carbocycles. The largest absolute Gasteiger partial charge is 0.493 e. The fraction of sp³-hybridized carbons (Fsp3) is 0.500. The number of benzene rings is 1. The van der Waals surface area contributed by atoms with Crippen molar-refractivity contribution in [2.24, 2.45) is 5.10 Å². The lowest BCUT2D eigenvalue weighted by molar-refractivity contribution is -0.140. The number of nitrogens with zero attached hydrogens (tertiary/aromatic N) is 1. The number of esters is 1. The summed E-state index contributed by atoms with van der Waals surface area (Å²) in [5, 5.41) is 3.94. The van der Waals surface area contributed by atoms with E-state index >= 15 is 0 Å². The minimum atomic E-state index is -0.192. The molecule has 0 atom stereocenters. The Hall–Kier alpha value is -2.57. The van der Waals surface area contributed by atoms with Crippen molar-refractivity contribution in [1.82, 2.24) is 5.43 Å². The van der Waals surface area contributed by atoms with Crippen LogP contribution in [0.3, 0.4) is 0 Å². The van der Waals surface area contributed by atoms with Gasteiger partial charge in [-0.3, -0.25) is 9.59 Å². The standard InChI is InChI=1S/C18H26N2O5/c1-23-15-11-10-14(12-16(15)24-2)13-19-20-17(21)8-6-4-5-7-9-18(22)25-3/h10-13H,4-9H2,1-3H3,(H,20,21)/b19-13+. The minimum absolute atomic E-state index is 0.135. The quantitative estimate of drug-likeness (QED) is 0.287. The zero-order chi connectivity index (χ0) is 18.5. The third-order valence-corrected chi connectivity index (χ3v) is 3.57. The van der Waals surface area contributed by atoms with E-state index in [9.17, 15) is 9.59 Å². The monoisotopic (exact) mass is 350 g/mol. The highest BCUT2D eigenvalue weighted by Crippen LogP contribution is 2.26. The summed E-state index contributed by atoms with van der Waals surface area (Å²) in [4.78, 5) is 22.6. The number of hydrogen-bond donors (Lipinski definition) is 1. The molecule has 25 heavy (non-hydrogen) atoms. The van der Waals surface area contributed by atoms with Gasteiger partial charge in [0.15, 0.2) is 11.5 Å². The molecule has 7 nitrogen and oxygen atoms in total. The van der Waals surface area contributed by atoms with Gasteiger partial charge in [0.1, 0.15) is 0 Å². The number of amides is 1. The van der Waals surface area contributed by atoms with Gasteiger partial charge in [-0.1, -0.05) is 12.8 Å². The highest BCUT2D eigenvalue weighted by atomic mass is 16.5. The van der Waals surface area contributed by atoms with Gasteiger partial charge in [-0.15, -0.1) is 0 Å². The van der Waals surface area contributed by atoms with Crippen molar-refractivity contribution in [3.05, 3.63) is 23.8 Å². The van der Waals surface area contributed by atoms with Crippen LogP contribution in [0.25, 0.3) is 0 Å². The Morgan fingerprint density at radius 3 is 2.32 bits per heavy atom. The fourth-order valence-corrected chi connectivity index (χ4v) is 2.18. The summed E-state index contributed by atoms with van der Waals surface area (Å²) in [6.07, 6.45) is 5.72. The van der Waals surface area contributed by atoms with Crippen LogP contribution < -0.4 is 14.9 Å². The minimum Gasteiger partial charge on any atom is -0.493 e. The number of carbonyl (C=O) groups excluding carboxylic acids is 2. The summed E-state index contributed by atoms with van der Waals surface area (Å²) < 4.78 is 14.9. The normalized spacial score (nSPS) is 10.5. The van der Waals surface area contributed by atoms with Crippen molar-refractivity contribution in [2.45, 2.75) is 38.5 Å². The summed E-state index contributed by atoms with van der Waals surface area (Å²) in [6.45, 7) is 0. The van der Waals surface area contributed by atoms with Crippen molar-refractivity contribution >= 4 is 18.1 Å². The Morgan fingerprint density at radius 1 is 1.00 bits per heavy atom. The van der Waals surface area contributed by atoms with E-state index in [4.69, 9.17) is 9.47 Å². The molecule has 0 aliphatic heterocycles. The van der Waals surface area contributed by atoms with Gasteiger partial charge in [0.2, 0.25) is 5.91 Å². The van der Waals surface area contributed by atoms with Crippen molar-refractivity contribution in [1.29, 1.82) is 0 Å². The predicted octanol–water partition coefficient (Wildman–Crippen LogP) is 2.67. The number of methoxy groups -OCH3 is 3. The first-order valence-corrected chi connectivity index (χ1v) is 8.21. The van der Waals surface area contributed by atoms with E-state index < -0.39 is 0 Å². The van der Waals surface area contributed by atoms with E-state index in [0.29, 0.717) is 24.3 Å². The maximum atomic E-state index is 11.7. The summed E-state index contributed by atoms with van der Waals surface area (Å²) in [5.41, 5.74) is 3.29. The zero-order valence-corrected chi connectivity index (χ0v) is 15.0. The molecule has 1 amide bonds. The van der Waals surface area contributed by atoms with E-state index in [1.165, 1.54) is 7.11 Å². The highest BCUT2D eigenvalue weighted by Gasteiger charge is 2.04. The molecule has 0 fully saturated rings. The molecular weight excluding hydrogens is 324 g/mol. The van der Waals surface area contributed by atoms with Crippen LogP contribution in [0.15, 0.2) is 23.3 Å². The first kappa shape index (κ1) is 20.5. The molecule has 0 aliphatic rings. The van der Waals surface area contributed by atoms with Crippen LogP contribution in [0.5, 0.6) is 11.5 Å². The molecule has 1 aromatic rings. The molecule has 0 aromatic heterocycles. The van der Waals surface area contributed by atoms with Gasteiger partial charge in [0.25, 0.3) is 0 Å². The van der Waals surface area contributed by atoms with Crippen LogP contribution in [0.2, 0.25) is 0 Å². The summed E-state index contributed by atoms with van der Waals surface area (Å²) >= 11 is 0. The average molecular weight is 350 g/mol. The van der Waals surface area contributed by atoms with Crippen molar-refractivity contribution in [3.63, 3.8) is 0 Å². The lowest BCUT2D eigenvalue weighted by Crippen LogP contribution is -2.16. The third kappa shape index (κ3) is 8.19. The molecule has 0 saturated heterocycles. The number of hydrogen-bond acceptors (Lipinski definition) is 6. The number of hydrazone groups is 1. The van der Waals surface area contributed by atoms with Gasteiger partial charge in [0, 0.05) is 12.8 Å². The Balaban J connectivity index is 2.25. The second-order valence-corrected chi connectivity index (χ2v) is 5.40. The molecule has 0 spiro atoms. The Bertz CT molecular complexity index is 587. The molecule has 138 valence electrons. The van der Waals surface area contributed by atoms with Gasteiger partial charge in [0.05, 0.1) is 27.5 Å². The molecule has 0 unspecified atom stereocenters. The van der Waals surface area contributed by atoms with Crippen molar-refractivity contribution in [2.75, 3.05) is 21.3 Å². The van der Waals surface area contributed by atoms with E-state index in [-0.39, 0.29) is 11.9 Å². The van der Waals surface area contributed by atoms with Crippen LogP contribution in [0, 0.1) is 0 Å². The molecule has 7 heteroatoms. The van der Waals surface area contributed by atoms with Gasteiger partial charge in [-0.25, -0.2) is 5.43 Å². The lowest BCUT2D eigenvalue weighted by atomic mass is 10.1. The smallest absolute Gasteiger partial charge is 0.305 e. The summed E-state index contributed by atoms with van der Waals surface area (Å²) in [5.74, 6) is 0.910. The molecule has 0 bridgehead atoms. The molecule has 1 rings (SSSR count). The number of ether oxygens (including phenoxy) is 3. The fourth-order valence-electron chi connectivity index (χ4n) is 2.18. The van der Waals surface area contributed by atoms with Gasteiger partial charge in [-0.05, 0) is 36.6 Å². The molecule has 1 aromatic carbocycles. The second-order valence-electron chi connectivity index (χ2n) is 5.40. The first-order chi connectivity index (χ1) is 12.1. The SMILES string of the molecule is COC(=O)CCCCCCC(=O)N/N=C/c1ccc(OC)c(OC)c1. The van der Waals surface area contributed by atoms with Crippen LogP contribution in [-0.2, 0) is 14.3 Å². The maximum absolute atomic E-state index is 11.7. The van der Waals surface area contributed by atoms with E-state index in [2.05, 4.69) is 15.3 Å². The maximum Gasteiger partial charge on any atom is 0.305 e. The molecule has 0 aliphatic carbocycles. The van der Waals surface area contributed by atoms with Crippen LogP contribution in [0.4, 0.5) is 0 Å². The number of carbonyl (C=O) groups is 2. The zero-order valence-electron chi connectivity index (χ0n) is 15.0. The van der Waals surface area contributed by atoms with Crippen LogP contribution in [0.1, 0.15) is 44.1 Å². The van der Waals surface area contributed by atoms with Crippen molar-refractivity contribution in [3.8, 4) is 11.5 Å². The van der Waals surface area contributed by atoms with E-state index in [0.717, 1.165) is 31.2 Å². The van der Waals surface area contributed by atoms with Crippen molar-refractivity contribution < 1.29 is 23.8 Å². The third-order valence-electron chi connectivity index (χ3n) is 3.57. The Kier molecular flexibility index (Phi) is 9.74. The topological polar surface area (TPSA) is 86.2 Å². The molecule has 0 heterocycles.